The van der Waals surface area contributed by atoms with E-state index in [1.807, 2.05) is 7.05 Å². The third-order valence-corrected chi connectivity index (χ3v) is 4.17. The molecule has 0 spiro atoms. The number of likely N-dealkylation sites (N-methyl/N-ethyl adjacent to an activating group) is 1. The predicted octanol–water partition coefficient (Wildman–Crippen LogP) is 0.0516. The molecule has 0 saturated carbocycles. The lowest BCUT2D eigenvalue weighted by molar-refractivity contribution is 0.465. The van der Waals surface area contributed by atoms with E-state index < -0.39 is 10.0 Å². The first kappa shape index (κ1) is 13.2. The van der Waals surface area contributed by atoms with Crippen LogP contribution in [0.1, 0.15) is 13.3 Å². The van der Waals surface area contributed by atoms with E-state index in [1.54, 1.807) is 11.2 Å². The Labute approximate surface area is 86.1 Å². The zero-order valence-corrected chi connectivity index (χ0v) is 9.62. The summed E-state index contributed by atoms with van der Waals surface area (Å²) in [5.74, 6) is 0.212. The van der Waals surface area contributed by atoms with E-state index in [2.05, 4.69) is 5.32 Å². The molecule has 0 aliphatic carbocycles. The fraction of sp³-hybridized carbons (Fsp3) is 1.00. The average Bonchev–Trinajstić information content (AvgIpc) is 2.52. The second kappa shape index (κ2) is 5.14. The van der Waals surface area contributed by atoms with Gasteiger partial charge in [0.05, 0.1) is 5.75 Å². The average molecular weight is 229 g/mol. The fourth-order valence-electron chi connectivity index (χ4n) is 1.40. The van der Waals surface area contributed by atoms with Crippen molar-refractivity contribution in [2.45, 2.75) is 19.4 Å². The van der Waals surface area contributed by atoms with Crippen molar-refractivity contribution in [1.29, 1.82) is 0 Å². The van der Waals surface area contributed by atoms with Gasteiger partial charge in [0.15, 0.2) is 0 Å². The first-order valence-electron chi connectivity index (χ1n) is 4.25. The van der Waals surface area contributed by atoms with E-state index in [0.717, 1.165) is 6.42 Å². The van der Waals surface area contributed by atoms with Crippen molar-refractivity contribution in [3.05, 3.63) is 0 Å². The molecule has 1 atom stereocenters. The number of sulfonamides is 1. The topological polar surface area (TPSA) is 49.4 Å². The molecule has 0 amide bonds. The van der Waals surface area contributed by atoms with Crippen LogP contribution >= 0.6 is 12.4 Å². The van der Waals surface area contributed by atoms with Gasteiger partial charge in [-0.25, -0.2) is 12.7 Å². The molecule has 0 aromatic rings. The van der Waals surface area contributed by atoms with E-state index in [1.165, 1.54) is 0 Å². The summed E-state index contributed by atoms with van der Waals surface area (Å²) in [5.41, 5.74) is 0. The Morgan fingerprint density at radius 1 is 1.54 bits per heavy atom. The Balaban J connectivity index is 0.00000144. The maximum absolute atomic E-state index is 11.4. The molecule has 1 rings (SSSR count). The molecule has 13 heavy (non-hydrogen) atoms. The molecule has 1 heterocycles. The quantitative estimate of drug-likeness (QED) is 0.743. The maximum Gasteiger partial charge on any atom is 0.213 e. The number of nitrogens with one attached hydrogen (secondary N) is 1. The van der Waals surface area contributed by atoms with Crippen LogP contribution in [0.3, 0.4) is 0 Å². The Morgan fingerprint density at radius 2 is 2.15 bits per heavy atom. The lowest BCUT2D eigenvalue weighted by Crippen LogP contribution is -2.34. The number of rotatable bonds is 3. The van der Waals surface area contributed by atoms with Gasteiger partial charge in [-0.15, -0.1) is 12.4 Å². The monoisotopic (exact) mass is 228 g/mol. The van der Waals surface area contributed by atoms with Crippen molar-refractivity contribution in [2.75, 3.05) is 25.9 Å². The number of halogens is 1. The second-order valence-corrected chi connectivity index (χ2v) is 5.29. The third-order valence-electron chi connectivity index (χ3n) is 2.32. The van der Waals surface area contributed by atoms with Crippen LogP contribution in [0.25, 0.3) is 0 Å². The Hall–Kier alpha value is 0.160. The zero-order valence-electron chi connectivity index (χ0n) is 7.99. The highest BCUT2D eigenvalue weighted by molar-refractivity contribution is 7.89. The lowest BCUT2D eigenvalue weighted by Gasteiger charge is -2.14. The van der Waals surface area contributed by atoms with Crippen LogP contribution in [0.4, 0.5) is 0 Å². The summed E-state index contributed by atoms with van der Waals surface area (Å²) in [6.07, 6.45) is 0.926. The summed E-state index contributed by atoms with van der Waals surface area (Å²) in [4.78, 5) is 0. The standard InChI is InChI=1S/C7H16N2O2S.ClH/c1-3-12(10,11)9-5-4-7(6-9)8-2;/h7-8H,3-6H2,1-2H3;1H. The highest BCUT2D eigenvalue weighted by Gasteiger charge is 2.28. The van der Waals surface area contributed by atoms with Crippen LogP contribution < -0.4 is 5.32 Å². The largest absolute Gasteiger partial charge is 0.316 e. The Kier molecular flexibility index (Phi) is 5.21. The summed E-state index contributed by atoms with van der Waals surface area (Å²) in [5, 5.41) is 3.08. The van der Waals surface area contributed by atoms with Crippen molar-refractivity contribution in [2.24, 2.45) is 0 Å². The van der Waals surface area contributed by atoms with Gasteiger partial charge in [0.2, 0.25) is 10.0 Å². The van der Waals surface area contributed by atoms with Gasteiger partial charge in [0.25, 0.3) is 0 Å². The molecule has 0 aromatic carbocycles. The van der Waals surface area contributed by atoms with Gasteiger partial charge in [0.1, 0.15) is 0 Å². The second-order valence-electron chi connectivity index (χ2n) is 3.03. The van der Waals surface area contributed by atoms with Crippen molar-refractivity contribution in [1.82, 2.24) is 9.62 Å². The minimum absolute atomic E-state index is 0. The first-order chi connectivity index (χ1) is 5.60. The van der Waals surface area contributed by atoms with Gasteiger partial charge >= 0.3 is 0 Å². The van der Waals surface area contributed by atoms with E-state index in [-0.39, 0.29) is 18.2 Å². The molecule has 80 valence electrons. The molecule has 1 unspecified atom stereocenters. The van der Waals surface area contributed by atoms with Crippen LogP contribution in [0.5, 0.6) is 0 Å². The molecule has 1 aliphatic heterocycles. The van der Waals surface area contributed by atoms with Crippen LogP contribution in [0.2, 0.25) is 0 Å². The molecule has 1 fully saturated rings. The molecule has 0 aromatic heterocycles. The predicted molar refractivity (Wildman–Crippen MR) is 55.7 cm³/mol. The molecule has 0 radical (unpaired) electrons. The highest BCUT2D eigenvalue weighted by atomic mass is 35.5. The van der Waals surface area contributed by atoms with Gasteiger partial charge < -0.3 is 5.32 Å². The van der Waals surface area contributed by atoms with Crippen LogP contribution in [0.15, 0.2) is 0 Å². The minimum atomic E-state index is -2.95. The van der Waals surface area contributed by atoms with Gasteiger partial charge in [-0.1, -0.05) is 0 Å². The molecule has 0 bridgehead atoms. The van der Waals surface area contributed by atoms with Crippen LogP contribution in [-0.2, 0) is 10.0 Å². The smallest absolute Gasteiger partial charge is 0.213 e. The van der Waals surface area contributed by atoms with Crippen molar-refractivity contribution in [3.63, 3.8) is 0 Å². The SMILES string of the molecule is CCS(=O)(=O)N1CCC(NC)C1.Cl. The van der Waals surface area contributed by atoms with Crippen LogP contribution in [-0.4, -0.2) is 44.7 Å². The van der Waals surface area contributed by atoms with E-state index in [9.17, 15) is 8.42 Å². The summed E-state index contributed by atoms with van der Waals surface area (Å²) in [6, 6.07) is 0.339. The molecule has 1 aliphatic rings. The molecule has 1 N–H and O–H groups in total. The molecular formula is C7H17ClN2O2S. The number of hydrogen-bond acceptors (Lipinski definition) is 3. The number of hydrogen-bond donors (Lipinski definition) is 1. The van der Waals surface area contributed by atoms with Gasteiger partial charge in [0, 0.05) is 19.1 Å². The van der Waals surface area contributed by atoms with Crippen molar-refractivity contribution < 1.29 is 8.42 Å². The van der Waals surface area contributed by atoms with E-state index in [0.29, 0.717) is 19.1 Å². The van der Waals surface area contributed by atoms with E-state index >= 15 is 0 Å². The first-order valence-corrected chi connectivity index (χ1v) is 5.86. The summed E-state index contributed by atoms with van der Waals surface area (Å²) in [7, 11) is -1.08. The molecule has 6 heteroatoms. The summed E-state index contributed by atoms with van der Waals surface area (Å²) < 4.78 is 24.3. The third kappa shape index (κ3) is 3.09. The van der Waals surface area contributed by atoms with Crippen molar-refractivity contribution in [3.8, 4) is 0 Å². The highest BCUT2D eigenvalue weighted by Crippen LogP contribution is 2.13. The van der Waals surface area contributed by atoms with Crippen molar-refractivity contribution >= 4 is 22.4 Å². The zero-order chi connectivity index (χ0) is 9.19. The van der Waals surface area contributed by atoms with Gasteiger partial charge in [-0.05, 0) is 20.4 Å². The van der Waals surface area contributed by atoms with E-state index in [4.69, 9.17) is 0 Å². The van der Waals surface area contributed by atoms with Gasteiger partial charge in [-0.3, -0.25) is 0 Å². The molecular weight excluding hydrogens is 212 g/mol. The van der Waals surface area contributed by atoms with Crippen LogP contribution in [0, 0.1) is 0 Å². The fourth-order valence-corrected chi connectivity index (χ4v) is 2.55. The minimum Gasteiger partial charge on any atom is -0.316 e. The summed E-state index contributed by atoms with van der Waals surface area (Å²) >= 11 is 0. The maximum atomic E-state index is 11.4. The number of nitrogens with zero attached hydrogens (tertiary/aromatic N) is 1. The molecule has 4 nitrogen and oxygen atoms in total. The normalized spacial score (nSPS) is 24.3. The lowest BCUT2D eigenvalue weighted by atomic mass is 10.3. The Bertz CT molecular complexity index is 243. The summed E-state index contributed by atoms with van der Waals surface area (Å²) in [6.45, 7) is 2.98. The molecule has 1 saturated heterocycles. The Morgan fingerprint density at radius 3 is 2.54 bits per heavy atom. The van der Waals surface area contributed by atoms with Gasteiger partial charge in [-0.2, -0.15) is 0 Å².